The molecule has 212 valence electrons. The standard InChI is InChI=1S/C30H33BrN2O7/c1-4-15-32(19-11-13-20(38-3)14-12-19)28(36)26-30-16-21(31)25(40-30)23(29(37)39-5-2)24(30)27(35)33(26)22(17-34)18-9-7-6-8-10-18/h4,6-14,21-26,34H,1,5,15-17H2,2-3H3/t21?,22-,23-,24+,25-,26?,30?/m1/s1. The van der Waals surface area contributed by atoms with E-state index in [4.69, 9.17) is 14.2 Å². The van der Waals surface area contributed by atoms with Gasteiger partial charge in [0.25, 0.3) is 5.91 Å². The van der Waals surface area contributed by atoms with Crippen molar-refractivity contribution in [3.63, 3.8) is 0 Å². The minimum absolute atomic E-state index is 0.156. The molecule has 40 heavy (non-hydrogen) atoms. The lowest BCUT2D eigenvalue weighted by Crippen LogP contribution is -2.57. The van der Waals surface area contributed by atoms with Gasteiger partial charge in [0.15, 0.2) is 0 Å². The molecule has 0 aromatic heterocycles. The number of carbonyl (C=O) groups excluding carboxylic acids is 3. The number of halogens is 1. The number of rotatable bonds is 10. The van der Waals surface area contributed by atoms with Gasteiger partial charge in [-0.1, -0.05) is 52.3 Å². The molecule has 2 amide bonds. The van der Waals surface area contributed by atoms with Crippen molar-refractivity contribution in [1.82, 2.24) is 4.90 Å². The van der Waals surface area contributed by atoms with Gasteiger partial charge in [0, 0.05) is 17.1 Å². The summed E-state index contributed by atoms with van der Waals surface area (Å²) in [7, 11) is 1.56. The molecule has 3 aliphatic heterocycles. The highest BCUT2D eigenvalue weighted by Gasteiger charge is 2.77. The summed E-state index contributed by atoms with van der Waals surface area (Å²) in [6.45, 7) is 5.46. The number of carbonyl (C=O) groups is 3. The molecule has 1 N–H and O–H groups in total. The van der Waals surface area contributed by atoms with Crippen LogP contribution in [0.1, 0.15) is 24.9 Å². The number of anilines is 1. The number of fused-ring (bicyclic) bond motifs is 1. The molecule has 5 rings (SSSR count). The number of nitrogens with zero attached hydrogens (tertiary/aromatic N) is 2. The number of likely N-dealkylation sites (tertiary alicyclic amines) is 1. The van der Waals surface area contributed by atoms with Crippen LogP contribution in [0.3, 0.4) is 0 Å². The van der Waals surface area contributed by atoms with E-state index < -0.39 is 54.1 Å². The third-order valence-corrected chi connectivity index (χ3v) is 9.02. The third kappa shape index (κ3) is 4.42. The first kappa shape index (κ1) is 28.3. The van der Waals surface area contributed by atoms with Gasteiger partial charge in [-0.05, 0) is 43.2 Å². The SMILES string of the molecule is C=CCN(C(=O)C1N([C@H](CO)c2ccccc2)C(=O)[C@@H]2[C@@H](C(=O)OCC)[C@@H]3OC12CC3Br)c1ccc(OC)cc1. The lowest BCUT2D eigenvalue weighted by Gasteiger charge is -2.39. The van der Waals surface area contributed by atoms with Crippen molar-refractivity contribution >= 4 is 39.4 Å². The number of hydrogen-bond donors (Lipinski definition) is 1. The summed E-state index contributed by atoms with van der Waals surface area (Å²) in [6, 6.07) is 14.2. The van der Waals surface area contributed by atoms with E-state index >= 15 is 0 Å². The van der Waals surface area contributed by atoms with Crippen LogP contribution in [0, 0.1) is 11.8 Å². The molecule has 7 atom stereocenters. The molecule has 3 saturated heterocycles. The fourth-order valence-corrected chi connectivity index (χ4v) is 7.52. The summed E-state index contributed by atoms with van der Waals surface area (Å²) in [6.07, 6.45) is 1.33. The molecule has 0 radical (unpaired) electrons. The van der Waals surface area contributed by atoms with E-state index in [0.717, 1.165) is 0 Å². The predicted octanol–water partition coefficient (Wildman–Crippen LogP) is 3.26. The molecule has 2 aromatic carbocycles. The van der Waals surface area contributed by atoms with E-state index in [2.05, 4.69) is 22.5 Å². The Kier molecular flexibility index (Phi) is 8.03. The Balaban J connectivity index is 1.65. The van der Waals surface area contributed by atoms with E-state index in [9.17, 15) is 19.5 Å². The molecule has 1 spiro atoms. The normalized spacial score (nSPS) is 29.1. The molecule has 10 heteroatoms. The number of ether oxygens (including phenoxy) is 3. The van der Waals surface area contributed by atoms with Crippen molar-refractivity contribution in [2.24, 2.45) is 11.8 Å². The Labute approximate surface area is 241 Å². The van der Waals surface area contributed by atoms with Gasteiger partial charge < -0.3 is 29.1 Å². The van der Waals surface area contributed by atoms with E-state index in [1.54, 1.807) is 61.4 Å². The van der Waals surface area contributed by atoms with Gasteiger partial charge in [-0.15, -0.1) is 6.58 Å². The zero-order chi connectivity index (χ0) is 28.6. The summed E-state index contributed by atoms with van der Waals surface area (Å²) < 4.78 is 17.2. The van der Waals surface area contributed by atoms with Crippen LogP contribution >= 0.6 is 15.9 Å². The Morgan fingerprint density at radius 1 is 1.25 bits per heavy atom. The Morgan fingerprint density at radius 2 is 1.95 bits per heavy atom. The van der Waals surface area contributed by atoms with E-state index in [-0.39, 0.29) is 23.9 Å². The summed E-state index contributed by atoms with van der Waals surface area (Å²) in [4.78, 5) is 45.0. The minimum atomic E-state index is -1.29. The Bertz CT molecular complexity index is 1270. The topological polar surface area (TPSA) is 106 Å². The van der Waals surface area contributed by atoms with Crippen LogP contribution in [0.15, 0.2) is 67.3 Å². The van der Waals surface area contributed by atoms with Gasteiger partial charge in [-0.2, -0.15) is 0 Å². The second kappa shape index (κ2) is 11.3. The first-order valence-corrected chi connectivity index (χ1v) is 14.3. The maximum atomic E-state index is 14.7. The summed E-state index contributed by atoms with van der Waals surface area (Å²) in [5, 5.41) is 10.6. The van der Waals surface area contributed by atoms with Crippen LogP contribution < -0.4 is 9.64 Å². The number of amides is 2. The molecule has 0 aliphatic carbocycles. The van der Waals surface area contributed by atoms with Gasteiger partial charge >= 0.3 is 5.97 Å². The number of methoxy groups -OCH3 is 1. The number of aliphatic hydroxyl groups is 1. The zero-order valence-electron chi connectivity index (χ0n) is 22.4. The number of alkyl halides is 1. The zero-order valence-corrected chi connectivity index (χ0v) is 24.0. The highest BCUT2D eigenvalue weighted by atomic mass is 79.9. The van der Waals surface area contributed by atoms with Crippen molar-refractivity contribution in [3.05, 3.63) is 72.8 Å². The van der Waals surface area contributed by atoms with Crippen molar-refractivity contribution in [1.29, 1.82) is 0 Å². The Hall–Kier alpha value is -3.21. The van der Waals surface area contributed by atoms with Gasteiger partial charge in [0.05, 0.1) is 44.3 Å². The molecular weight excluding hydrogens is 580 g/mol. The highest BCUT2D eigenvalue weighted by Crippen LogP contribution is 2.61. The lowest BCUT2D eigenvalue weighted by atomic mass is 9.70. The average Bonchev–Trinajstić information content (AvgIpc) is 3.56. The summed E-state index contributed by atoms with van der Waals surface area (Å²) >= 11 is 3.66. The first-order valence-electron chi connectivity index (χ1n) is 13.4. The summed E-state index contributed by atoms with van der Waals surface area (Å²) in [5.74, 6) is -2.50. The van der Waals surface area contributed by atoms with Crippen molar-refractivity contribution < 1.29 is 33.7 Å². The number of hydrogen-bond acceptors (Lipinski definition) is 7. The van der Waals surface area contributed by atoms with Gasteiger partial charge in [0.2, 0.25) is 5.91 Å². The highest BCUT2D eigenvalue weighted by molar-refractivity contribution is 9.09. The first-order chi connectivity index (χ1) is 19.3. The second-order valence-corrected chi connectivity index (χ2v) is 11.4. The van der Waals surface area contributed by atoms with E-state index in [0.29, 0.717) is 23.4 Å². The molecule has 3 aliphatic rings. The van der Waals surface area contributed by atoms with Crippen LogP contribution in [0.25, 0.3) is 0 Å². The number of aliphatic hydroxyl groups excluding tert-OH is 1. The fraction of sp³-hybridized carbons (Fsp3) is 0.433. The minimum Gasteiger partial charge on any atom is -0.497 e. The van der Waals surface area contributed by atoms with Crippen LogP contribution in [0.5, 0.6) is 5.75 Å². The summed E-state index contributed by atoms with van der Waals surface area (Å²) in [5.41, 5.74) is -0.0358. The molecule has 3 heterocycles. The van der Waals surface area contributed by atoms with E-state index in [1.807, 2.05) is 18.2 Å². The number of benzene rings is 2. The van der Waals surface area contributed by atoms with Crippen molar-refractivity contribution in [3.8, 4) is 5.75 Å². The molecular formula is C30H33BrN2O7. The predicted molar refractivity (Wildman–Crippen MR) is 151 cm³/mol. The fourth-order valence-electron chi connectivity index (χ4n) is 6.58. The van der Waals surface area contributed by atoms with Gasteiger partial charge in [0.1, 0.15) is 17.4 Å². The third-order valence-electron chi connectivity index (χ3n) is 8.17. The lowest BCUT2D eigenvalue weighted by molar-refractivity contribution is -0.155. The van der Waals surface area contributed by atoms with Crippen LogP contribution in [0.2, 0.25) is 0 Å². The largest absolute Gasteiger partial charge is 0.497 e. The molecule has 2 bridgehead atoms. The van der Waals surface area contributed by atoms with E-state index in [1.165, 1.54) is 4.90 Å². The second-order valence-electron chi connectivity index (χ2n) is 10.2. The van der Waals surface area contributed by atoms with Gasteiger partial charge in [-0.25, -0.2) is 0 Å². The Morgan fingerprint density at radius 3 is 2.55 bits per heavy atom. The molecule has 3 unspecified atom stereocenters. The van der Waals surface area contributed by atoms with Crippen molar-refractivity contribution in [2.75, 3.05) is 31.8 Å². The maximum Gasteiger partial charge on any atom is 0.312 e. The molecule has 9 nitrogen and oxygen atoms in total. The van der Waals surface area contributed by atoms with Crippen LogP contribution in [-0.4, -0.2) is 77.2 Å². The maximum absolute atomic E-state index is 14.7. The van der Waals surface area contributed by atoms with Crippen molar-refractivity contribution in [2.45, 2.75) is 42.0 Å². The van der Waals surface area contributed by atoms with Crippen LogP contribution in [0.4, 0.5) is 5.69 Å². The monoisotopic (exact) mass is 612 g/mol. The quantitative estimate of drug-likeness (QED) is 0.249. The molecule has 3 fully saturated rings. The van der Waals surface area contributed by atoms with Crippen LogP contribution in [-0.2, 0) is 23.9 Å². The molecule has 0 saturated carbocycles. The number of esters is 1. The average molecular weight is 614 g/mol. The molecule has 2 aromatic rings. The van der Waals surface area contributed by atoms with Gasteiger partial charge in [-0.3, -0.25) is 14.4 Å². The smallest absolute Gasteiger partial charge is 0.312 e.